The van der Waals surface area contributed by atoms with Crippen LogP contribution in [-0.2, 0) is 0 Å². The Morgan fingerprint density at radius 1 is 1.15 bits per heavy atom. The van der Waals surface area contributed by atoms with Crippen LogP contribution in [0.2, 0.25) is 10.0 Å². The molecule has 0 saturated carbocycles. The lowest BCUT2D eigenvalue weighted by Gasteiger charge is -2.45. The monoisotopic (exact) mass is 314 g/mol. The third-order valence-corrected chi connectivity index (χ3v) is 4.71. The number of nitrogens with one attached hydrogen (secondary N) is 1. The molecule has 2 rings (SSSR count). The molecule has 2 atom stereocenters. The van der Waals surface area contributed by atoms with Gasteiger partial charge in [-0.15, -0.1) is 0 Å². The van der Waals surface area contributed by atoms with E-state index in [1.165, 1.54) is 0 Å². The number of piperazine rings is 1. The SMILES string of the molecule is CC(C)C1CN(c2ccc(Cl)cc2Cl)C(C(C)C)CN1. The Morgan fingerprint density at radius 2 is 1.85 bits per heavy atom. The molecule has 0 amide bonds. The molecule has 0 aromatic heterocycles. The molecule has 1 aromatic carbocycles. The normalized spacial score (nSPS) is 23.7. The molecule has 20 heavy (non-hydrogen) atoms. The zero-order chi connectivity index (χ0) is 14.9. The Morgan fingerprint density at radius 3 is 2.40 bits per heavy atom. The smallest absolute Gasteiger partial charge is 0.0654 e. The van der Waals surface area contributed by atoms with Gasteiger partial charge in [0.2, 0.25) is 0 Å². The summed E-state index contributed by atoms with van der Waals surface area (Å²) in [5, 5.41) is 5.10. The average molecular weight is 315 g/mol. The van der Waals surface area contributed by atoms with Crippen molar-refractivity contribution in [1.82, 2.24) is 5.32 Å². The fourth-order valence-corrected chi connectivity index (χ4v) is 3.34. The molecule has 1 fully saturated rings. The minimum Gasteiger partial charge on any atom is -0.364 e. The van der Waals surface area contributed by atoms with Crippen molar-refractivity contribution in [3.8, 4) is 0 Å². The van der Waals surface area contributed by atoms with Crippen molar-refractivity contribution in [1.29, 1.82) is 0 Å². The van der Waals surface area contributed by atoms with Crippen molar-refractivity contribution < 1.29 is 0 Å². The van der Waals surface area contributed by atoms with Crippen LogP contribution in [0.15, 0.2) is 18.2 Å². The Hall–Kier alpha value is -0.440. The van der Waals surface area contributed by atoms with Crippen LogP contribution in [0.5, 0.6) is 0 Å². The second-order valence-corrected chi connectivity index (χ2v) is 7.16. The topological polar surface area (TPSA) is 15.3 Å². The van der Waals surface area contributed by atoms with Gasteiger partial charge in [0, 0.05) is 30.2 Å². The fourth-order valence-electron chi connectivity index (χ4n) is 2.83. The molecule has 112 valence electrons. The third kappa shape index (κ3) is 3.41. The number of benzene rings is 1. The number of rotatable bonds is 3. The average Bonchev–Trinajstić information content (AvgIpc) is 2.37. The van der Waals surface area contributed by atoms with Gasteiger partial charge in [-0.2, -0.15) is 0 Å². The lowest BCUT2D eigenvalue weighted by Crippen LogP contribution is -2.60. The molecule has 1 aliphatic rings. The number of halogens is 2. The van der Waals surface area contributed by atoms with Crippen molar-refractivity contribution in [3.63, 3.8) is 0 Å². The summed E-state index contributed by atoms with van der Waals surface area (Å²) in [7, 11) is 0. The van der Waals surface area contributed by atoms with E-state index in [0.717, 1.165) is 23.8 Å². The van der Waals surface area contributed by atoms with Gasteiger partial charge in [0.1, 0.15) is 0 Å². The minimum atomic E-state index is 0.462. The minimum absolute atomic E-state index is 0.462. The highest BCUT2D eigenvalue weighted by molar-refractivity contribution is 6.36. The summed E-state index contributed by atoms with van der Waals surface area (Å²) in [5.41, 5.74) is 1.10. The molecule has 1 saturated heterocycles. The van der Waals surface area contributed by atoms with Crippen LogP contribution in [0.3, 0.4) is 0 Å². The highest BCUT2D eigenvalue weighted by atomic mass is 35.5. The molecular weight excluding hydrogens is 291 g/mol. The number of anilines is 1. The van der Waals surface area contributed by atoms with Gasteiger partial charge in [-0.1, -0.05) is 50.9 Å². The summed E-state index contributed by atoms with van der Waals surface area (Å²) in [6.45, 7) is 11.0. The molecule has 0 bridgehead atoms. The zero-order valence-electron chi connectivity index (χ0n) is 12.7. The highest BCUT2D eigenvalue weighted by Crippen LogP contribution is 2.33. The van der Waals surface area contributed by atoms with Crippen LogP contribution >= 0.6 is 23.2 Å². The second-order valence-electron chi connectivity index (χ2n) is 6.32. The molecule has 0 aliphatic carbocycles. The van der Waals surface area contributed by atoms with Crippen LogP contribution < -0.4 is 10.2 Å². The molecule has 0 spiro atoms. The Bertz CT molecular complexity index is 460. The van der Waals surface area contributed by atoms with E-state index in [0.29, 0.717) is 28.9 Å². The third-order valence-electron chi connectivity index (χ3n) is 4.18. The predicted molar refractivity (Wildman–Crippen MR) is 89.1 cm³/mol. The van der Waals surface area contributed by atoms with Crippen molar-refractivity contribution in [2.45, 2.75) is 39.8 Å². The van der Waals surface area contributed by atoms with Crippen molar-refractivity contribution in [2.75, 3.05) is 18.0 Å². The van der Waals surface area contributed by atoms with Gasteiger partial charge in [0.25, 0.3) is 0 Å². The van der Waals surface area contributed by atoms with Gasteiger partial charge in [-0.05, 0) is 30.0 Å². The fraction of sp³-hybridized carbons (Fsp3) is 0.625. The van der Waals surface area contributed by atoms with Gasteiger partial charge in [-0.25, -0.2) is 0 Å². The van der Waals surface area contributed by atoms with E-state index >= 15 is 0 Å². The Kier molecular flexibility index (Phi) is 5.22. The maximum atomic E-state index is 6.41. The van der Waals surface area contributed by atoms with Crippen molar-refractivity contribution in [3.05, 3.63) is 28.2 Å². The summed E-state index contributed by atoms with van der Waals surface area (Å²) < 4.78 is 0. The predicted octanol–water partition coefficient (Wildman–Crippen LogP) is 4.45. The quantitative estimate of drug-likeness (QED) is 0.886. The molecule has 4 heteroatoms. The molecule has 1 heterocycles. The lowest BCUT2D eigenvalue weighted by molar-refractivity contribution is 0.295. The molecule has 2 nitrogen and oxygen atoms in total. The number of hydrogen-bond acceptors (Lipinski definition) is 2. The molecule has 2 unspecified atom stereocenters. The van der Waals surface area contributed by atoms with Crippen molar-refractivity contribution >= 4 is 28.9 Å². The van der Waals surface area contributed by atoms with Gasteiger partial charge >= 0.3 is 0 Å². The van der Waals surface area contributed by atoms with Gasteiger partial charge in [0.15, 0.2) is 0 Å². The number of nitrogens with zero attached hydrogens (tertiary/aromatic N) is 1. The molecule has 1 aromatic rings. The standard InChI is InChI=1S/C16H24Cl2N2/c1-10(2)14-9-20(16(8-19-14)11(3)4)15-6-5-12(17)7-13(15)18/h5-7,10-11,14,16,19H,8-9H2,1-4H3. The second kappa shape index (κ2) is 6.55. The Labute approximate surface area is 132 Å². The first-order valence-corrected chi connectivity index (χ1v) is 8.10. The van der Waals surface area contributed by atoms with Crippen molar-refractivity contribution in [2.24, 2.45) is 11.8 Å². The van der Waals surface area contributed by atoms with Crippen LogP contribution in [0.4, 0.5) is 5.69 Å². The maximum absolute atomic E-state index is 6.41. The lowest BCUT2D eigenvalue weighted by atomic mass is 9.93. The first-order valence-electron chi connectivity index (χ1n) is 7.35. The van der Waals surface area contributed by atoms with Crippen LogP contribution in [0.1, 0.15) is 27.7 Å². The van der Waals surface area contributed by atoms with Crippen LogP contribution in [0.25, 0.3) is 0 Å². The zero-order valence-corrected chi connectivity index (χ0v) is 14.2. The van der Waals surface area contributed by atoms with E-state index in [9.17, 15) is 0 Å². The molecular formula is C16H24Cl2N2. The Balaban J connectivity index is 2.31. The summed E-state index contributed by atoms with van der Waals surface area (Å²) in [6, 6.07) is 6.76. The van der Waals surface area contributed by atoms with E-state index in [1.807, 2.05) is 18.2 Å². The first kappa shape index (κ1) is 15.9. The summed E-state index contributed by atoms with van der Waals surface area (Å²) in [4.78, 5) is 2.45. The van der Waals surface area contributed by atoms with Gasteiger partial charge in [-0.3, -0.25) is 0 Å². The van der Waals surface area contributed by atoms with Crippen LogP contribution in [0, 0.1) is 11.8 Å². The summed E-state index contributed by atoms with van der Waals surface area (Å²) in [6.07, 6.45) is 0. The summed E-state index contributed by atoms with van der Waals surface area (Å²) >= 11 is 12.4. The molecule has 0 radical (unpaired) electrons. The van der Waals surface area contributed by atoms with E-state index in [1.54, 1.807) is 0 Å². The molecule has 1 aliphatic heterocycles. The van der Waals surface area contributed by atoms with E-state index in [-0.39, 0.29) is 0 Å². The van der Waals surface area contributed by atoms with Gasteiger partial charge in [0.05, 0.1) is 10.7 Å². The van der Waals surface area contributed by atoms with E-state index < -0.39 is 0 Å². The maximum Gasteiger partial charge on any atom is 0.0654 e. The number of hydrogen-bond donors (Lipinski definition) is 1. The van der Waals surface area contributed by atoms with E-state index in [2.05, 4.69) is 37.9 Å². The summed E-state index contributed by atoms with van der Waals surface area (Å²) in [5.74, 6) is 1.18. The first-order chi connectivity index (χ1) is 9.40. The largest absolute Gasteiger partial charge is 0.364 e. The van der Waals surface area contributed by atoms with E-state index in [4.69, 9.17) is 23.2 Å². The van der Waals surface area contributed by atoms with Crippen LogP contribution in [-0.4, -0.2) is 25.2 Å². The molecule has 1 N–H and O–H groups in total. The highest BCUT2D eigenvalue weighted by Gasteiger charge is 2.32. The van der Waals surface area contributed by atoms with Gasteiger partial charge < -0.3 is 10.2 Å².